The van der Waals surface area contributed by atoms with E-state index in [1.807, 2.05) is 32.0 Å². The van der Waals surface area contributed by atoms with E-state index in [0.29, 0.717) is 22.4 Å². The van der Waals surface area contributed by atoms with Crippen LogP contribution in [0.4, 0.5) is 5.69 Å². The summed E-state index contributed by atoms with van der Waals surface area (Å²) in [6.45, 7) is 3.53. The van der Waals surface area contributed by atoms with E-state index in [9.17, 15) is 9.59 Å². The van der Waals surface area contributed by atoms with Gasteiger partial charge in [0, 0.05) is 5.69 Å². The molecule has 24 heavy (non-hydrogen) atoms. The van der Waals surface area contributed by atoms with E-state index in [2.05, 4.69) is 10.3 Å². The van der Waals surface area contributed by atoms with Crippen LogP contribution in [-0.2, 0) is 9.53 Å². The van der Waals surface area contributed by atoms with Gasteiger partial charge in [0.2, 0.25) is 0 Å². The molecule has 0 radical (unpaired) electrons. The number of hydrogen-bond donors (Lipinski definition) is 1. The van der Waals surface area contributed by atoms with E-state index in [1.165, 1.54) is 12.5 Å². The second-order valence-electron chi connectivity index (χ2n) is 5.54. The average Bonchev–Trinajstić information content (AvgIpc) is 2.99. The number of rotatable bonds is 4. The first kappa shape index (κ1) is 15.7. The molecule has 0 aliphatic heterocycles. The highest BCUT2D eigenvalue weighted by Crippen LogP contribution is 2.16. The van der Waals surface area contributed by atoms with Gasteiger partial charge >= 0.3 is 5.97 Å². The molecule has 0 atom stereocenters. The lowest BCUT2D eigenvalue weighted by molar-refractivity contribution is -0.119. The number of anilines is 1. The summed E-state index contributed by atoms with van der Waals surface area (Å²) in [5, 5.41) is 2.71. The molecule has 0 spiro atoms. The van der Waals surface area contributed by atoms with Gasteiger partial charge in [0.25, 0.3) is 5.91 Å². The van der Waals surface area contributed by atoms with Crippen molar-refractivity contribution in [1.29, 1.82) is 0 Å². The van der Waals surface area contributed by atoms with Crippen LogP contribution >= 0.6 is 0 Å². The molecule has 0 aliphatic carbocycles. The predicted molar refractivity (Wildman–Crippen MR) is 88.8 cm³/mol. The Morgan fingerprint density at radius 2 is 1.88 bits per heavy atom. The standard InChI is InChI=1S/C18H16N2O4/c1-11-5-12(2)7-14(6-11)20-17(21)9-23-18(22)13-3-4-15-16(8-13)24-10-19-15/h3-8,10H,9H2,1-2H3,(H,20,21). The predicted octanol–water partition coefficient (Wildman–Crippen LogP) is 3.24. The van der Waals surface area contributed by atoms with E-state index < -0.39 is 11.9 Å². The van der Waals surface area contributed by atoms with Gasteiger partial charge in [-0.05, 0) is 55.3 Å². The zero-order chi connectivity index (χ0) is 17.1. The summed E-state index contributed by atoms with van der Waals surface area (Å²) in [4.78, 5) is 27.9. The van der Waals surface area contributed by atoms with Gasteiger partial charge in [-0.25, -0.2) is 9.78 Å². The minimum atomic E-state index is -0.594. The lowest BCUT2D eigenvalue weighted by atomic mass is 10.1. The first-order chi connectivity index (χ1) is 11.5. The highest BCUT2D eigenvalue weighted by atomic mass is 16.5. The summed E-state index contributed by atoms with van der Waals surface area (Å²) in [6.07, 6.45) is 1.30. The molecule has 2 aromatic carbocycles. The molecule has 6 heteroatoms. The number of hydrogen-bond acceptors (Lipinski definition) is 5. The molecule has 1 amide bonds. The number of nitrogens with one attached hydrogen (secondary N) is 1. The highest BCUT2D eigenvalue weighted by Gasteiger charge is 2.12. The van der Waals surface area contributed by atoms with Crippen molar-refractivity contribution < 1.29 is 18.7 Å². The van der Waals surface area contributed by atoms with E-state index in [1.54, 1.807) is 12.1 Å². The monoisotopic (exact) mass is 324 g/mol. The van der Waals surface area contributed by atoms with Crippen molar-refractivity contribution in [3.8, 4) is 0 Å². The molecular formula is C18H16N2O4. The van der Waals surface area contributed by atoms with Crippen LogP contribution in [0.2, 0.25) is 0 Å². The van der Waals surface area contributed by atoms with Crippen LogP contribution in [0.15, 0.2) is 47.2 Å². The Morgan fingerprint density at radius 1 is 1.12 bits per heavy atom. The molecule has 1 aromatic heterocycles. The maximum Gasteiger partial charge on any atom is 0.338 e. The number of fused-ring (bicyclic) bond motifs is 1. The van der Waals surface area contributed by atoms with Gasteiger partial charge in [0.1, 0.15) is 5.52 Å². The van der Waals surface area contributed by atoms with Crippen LogP contribution in [0, 0.1) is 13.8 Å². The Balaban J connectivity index is 1.59. The summed E-state index contributed by atoms with van der Waals surface area (Å²) in [5.41, 5.74) is 4.21. The van der Waals surface area contributed by atoms with Crippen LogP contribution in [0.25, 0.3) is 11.1 Å². The zero-order valence-corrected chi connectivity index (χ0v) is 13.3. The third-order valence-corrected chi connectivity index (χ3v) is 3.41. The fourth-order valence-corrected chi connectivity index (χ4v) is 2.44. The summed E-state index contributed by atoms with van der Waals surface area (Å²) >= 11 is 0. The Bertz CT molecular complexity index is 894. The van der Waals surface area contributed by atoms with Gasteiger partial charge in [-0.1, -0.05) is 6.07 Å². The Labute approximate surface area is 138 Å². The Hall–Kier alpha value is -3.15. The molecule has 0 aliphatic rings. The molecule has 1 heterocycles. The summed E-state index contributed by atoms with van der Waals surface area (Å²) in [7, 11) is 0. The van der Waals surface area contributed by atoms with Crippen molar-refractivity contribution in [3.63, 3.8) is 0 Å². The second kappa shape index (κ2) is 6.54. The third-order valence-electron chi connectivity index (χ3n) is 3.41. The molecule has 1 N–H and O–H groups in total. The second-order valence-corrected chi connectivity index (χ2v) is 5.54. The molecular weight excluding hydrogens is 308 g/mol. The van der Waals surface area contributed by atoms with Crippen molar-refractivity contribution in [3.05, 3.63) is 59.5 Å². The average molecular weight is 324 g/mol. The molecule has 0 saturated carbocycles. The number of nitrogens with zero attached hydrogens (tertiary/aromatic N) is 1. The van der Waals surface area contributed by atoms with E-state index in [4.69, 9.17) is 9.15 Å². The van der Waals surface area contributed by atoms with E-state index in [0.717, 1.165) is 11.1 Å². The largest absolute Gasteiger partial charge is 0.452 e. The number of aromatic nitrogens is 1. The van der Waals surface area contributed by atoms with Crippen molar-refractivity contribution >= 4 is 28.7 Å². The lowest BCUT2D eigenvalue weighted by Crippen LogP contribution is -2.21. The molecule has 3 rings (SSSR count). The van der Waals surface area contributed by atoms with Crippen LogP contribution in [0.5, 0.6) is 0 Å². The quantitative estimate of drug-likeness (QED) is 0.745. The van der Waals surface area contributed by atoms with Crippen LogP contribution in [0.1, 0.15) is 21.5 Å². The number of esters is 1. The van der Waals surface area contributed by atoms with Gasteiger partial charge in [-0.2, -0.15) is 0 Å². The number of amides is 1. The number of ether oxygens (including phenoxy) is 1. The number of carbonyl (C=O) groups is 2. The number of aryl methyl sites for hydroxylation is 2. The van der Waals surface area contributed by atoms with Gasteiger partial charge in [0.05, 0.1) is 5.56 Å². The SMILES string of the molecule is Cc1cc(C)cc(NC(=O)COC(=O)c2ccc3ncoc3c2)c1. The first-order valence-electron chi connectivity index (χ1n) is 7.40. The molecule has 0 saturated heterocycles. The molecule has 3 aromatic rings. The van der Waals surface area contributed by atoms with Gasteiger partial charge in [-0.3, -0.25) is 4.79 Å². The Morgan fingerprint density at radius 3 is 2.62 bits per heavy atom. The van der Waals surface area contributed by atoms with Crippen LogP contribution in [0.3, 0.4) is 0 Å². The maximum atomic E-state index is 12.0. The minimum Gasteiger partial charge on any atom is -0.452 e. The van der Waals surface area contributed by atoms with Gasteiger partial charge in [0.15, 0.2) is 18.6 Å². The fraction of sp³-hybridized carbons (Fsp3) is 0.167. The number of carbonyl (C=O) groups excluding carboxylic acids is 2. The zero-order valence-electron chi connectivity index (χ0n) is 13.3. The van der Waals surface area contributed by atoms with Crippen LogP contribution < -0.4 is 5.32 Å². The summed E-state index contributed by atoms with van der Waals surface area (Å²) < 4.78 is 10.2. The number of benzene rings is 2. The van der Waals surface area contributed by atoms with Gasteiger partial charge in [-0.15, -0.1) is 0 Å². The smallest absolute Gasteiger partial charge is 0.338 e. The maximum absolute atomic E-state index is 12.0. The topological polar surface area (TPSA) is 81.4 Å². The molecule has 0 fully saturated rings. The summed E-state index contributed by atoms with van der Waals surface area (Å²) in [6, 6.07) is 10.5. The van der Waals surface area contributed by atoms with Crippen molar-refractivity contribution in [2.45, 2.75) is 13.8 Å². The third kappa shape index (κ3) is 3.60. The molecule has 0 bridgehead atoms. The van der Waals surface area contributed by atoms with E-state index in [-0.39, 0.29) is 6.61 Å². The van der Waals surface area contributed by atoms with Crippen LogP contribution in [-0.4, -0.2) is 23.5 Å². The summed E-state index contributed by atoms with van der Waals surface area (Å²) in [5.74, 6) is -0.988. The minimum absolute atomic E-state index is 0.304. The molecule has 122 valence electrons. The van der Waals surface area contributed by atoms with E-state index >= 15 is 0 Å². The normalized spacial score (nSPS) is 10.6. The lowest BCUT2D eigenvalue weighted by Gasteiger charge is -2.08. The van der Waals surface area contributed by atoms with Crippen molar-refractivity contribution in [2.75, 3.05) is 11.9 Å². The Kier molecular flexibility index (Phi) is 4.29. The van der Waals surface area contributed by atoms with Crippen molar-refractivity contribution in [1.82, 2.24) is 4.98 Å². The molecule has 6 nitrogen and oxygen atoms in total. The van der Waals surface area contributed by atoms with Crippen molar-refractivity contribution in [2.24, 2.45) is 0 Å². The number of oxazole rings is 1. The fourth-order valence-electron chi connectivity index (χ4n) is 2.44. The first-order valence-corrected chi connectivity index (χ1v) is 7.40. The molecule has 0 unspecified atom stereocenters. The van der Waals surface area contributed by atoms with Gasteiger partial charge < -0.3 is 14.5 Å². The highest BCUT2D eigenvalue weighted by molar-refractivity contribution is 5.97.